The van der Waals surface area contributed by atoms with Gasteiger partial charge >= 0.3 is 0 Å². The fourth-order valence-corrected chi connectivity index (χ4v) is 5.55. The van der Waals surface area contributed by atoms with Gasteiger partial charge in [0, 0.05) is 5.02 Å². The molecule has 5 rings (SSSR count). The molecule has 2 aromatic heterocycles. The van der Waals surface area contributed by atoms with Crippen LogP contribution in [0.1, 0.15) is 26.8 Å². The zero-order chi connectivity index (χ0) is 21.7. The van der Waals surface area contributed by atoms with Gasteiger partial charge in [-0.15, -0.1) is 11.3 Å². The number of nitrogens with zero attached hydrogens (tertiary/aromatic N) is 2. The third kappa shape index (κ3) is 3.35. The number of amides is 1. The van der Waals surface area contributed by atoms with Gasteiger partial charge in [-0.25, -0.2) is 4.98 Å². The molecule has 1 N–H and O–H groups in total. The van der Waals surface area contributed by atoms with Gasteiger partial charge in [0.15, 0.2) is 10.9 Å². The summed E-state index contributed by atoms with van der Waals surface area (Å²) in [5.41, 5.74) is 2.55. The molecule has 0 spiro atoms. The van der Waals surface area contributed by atoms with E-state index >= 15 is 0 Å². The number of Topliss-reactive ketones (excluding diaryl/α,β-unsaturated/α-hetero) is 1. The molecule has 31 heavy (non-hydrogen) atoms. The molecule has 0 saturated carbocycles. The van der Waals surface area contributed by atoms with Crippen LogP contribution in [0.5, 0.6) is 0 Å². The van der Waals surface area contributed by atoms with Crippen LogP contribution in [-0.4, -0.2) is 21.8 Å². The van der Waals surface area contributed by atoms with E-state index in [0.29, 0.717) is 20.6 Å². The monoisotopic (exact) mass is 466 g/mol. The number of aliphatic hydroxyl groups excluding tert-OH is 1. The van der Waals surface area contributed by atoms with Gasteiger partial charge in [0.1, 0.15) is 0 Å². The quantitative estimate of drug-likeness (QED) is 0.369. The summed E-state index contributed by atoms with van der Waals surface area (Å²) >= 11 is 8.67. The largest absolute Gasteiger partial charge is 0.503 e. The van der Waals surface area contributed by atoms with Crippen molar-refractivity contribution >= 4 is 61.3 Å². The summed E-state index contributed by atoms with van der Waals surface area (Å²) in [4.78, 5) is 33.0. The lowest BCUT2D eigenvalue weighted by molar-refractivity contribution is -0.117. The first-order valence-electron chi connectivity index (χ1n) is 9.41. The first kappa shape index (κ1) is 19.9. The van der Waals surface area contributed by atoms with Crippen LogP contribution in [0.2, 0.25) is 5.02 Å². The van der Waals surface area contributed by atoms with Gasteiger partial charge in [-0.05, 0) is 53.8 Å². The second-order valence-corrected chi connectivity index (χ2v) is 9.56. The predicted molar refractivity (Wildman–Crippen MR) is 124 cm³/mol. The number of halogens is 1. The van der Waals surface area contributed by atoms with Gasteiger partial charge < -0.3 is 5.11 Å². The zero-order valence-corrected chi connectivity index (χ0v) is 18.6. The van der Waals surface area contributed by atoms with E-state index in [2.05, 4.69) is 4.98 Å². The minimum Gasteiger partial charge on any atom is -0.503 e. The van der Waals surface area contributed by atoms with Crippen molar-refractivity contribution in [2.24, 2.45) is 0 Å². The van der Waals surface area contributed by atoms with Crippen molar-refractivity contribution in [3.8, 4) is 0 Å². The molecule has 1 amide bonds. The molecular weight excluding hydrogens is 452 g/mol. The molecule has 5 nitrogen and oxygen atoms in total. The van der Waals surface area contributed by atoms with Crippen LogP contribution in [0.15, 0.2) is 71.3 Å². The van der Waals surface area contributed by atoms with Gasteiger partial charge in [0.05, 0.1) is 26.7 Å². The van der Waals surface area contributed by atoms with E-state index in [1.54, 1.807) is 41.8 Å². The molecule has 1 atom stereocenters. The molecule has 0 aliphatic carbocycles. The third-order valence-electron chi connectivity index (χ3n) is 5.12. The smallest absolute Gasteiger partial charge is 0.296 e. The predicted octanol–water partition coefficient (Wildman–Crippen LogP) is 6.10. The molecule has 4 aromatic rings. The van der Waals surface area contributed by atoms with Crippen LogP contribution in [0.4, 0.5) is 5.13 Å². The van der Waals surface area contributed by atoms with E-state index in [9.17, 15) is 14.7 Å². The summed E-state index contributed by atoms with van der Waals surface area (Å²) < 4.78 is 0.926. The lowest BCUT2D eigenvalue weighted by Crippen LogP contribution is -2.30. The van der Waals surface area contributed by atoms with Gasteiger partial charge in [-0.2, -0.15) is 0 Å². The highest BCUT2D eigenvalue weighted by Gasteiger charge is 2.46. The highest BCUT2D eigenvalue weighted by molar-refractivity contribution is 7.22. The van der Waals surface area contributed by atoms with Crippen LogP contribution in [0, 0.1) is 6.92 Å². The van der Waals surface area contributed by atoms with Gasteiger partial charge in [0.2, 0.25) is 5.78 Å². The summed E-state index contributed by atoms with van der Waals surface area (Å²) in [6.45, 7) is 1.99. The minimum atomic E-state index is -0.805. The van der Waals surface area contributed by atoms with Gasteiger partial charge in [-0.1, -0.05) is 47.2 Å². The summed E-state index contributed by atoms with van der Waals surface area (Å²) in [6, 6.07) is 15.4. The molecule has 0 radical (unpaired) electrons. The highest BCUT2D eigenvalue weighted by Crippen LogP contribution is 2.44. The molecule has 2 aromatic carbocycles. The third-order valence-corrected chi connectivity index (χ3v) is 7.26. The standard InChI is InChI=1S/C23H15ClN2O3S2/c1-12-4-9-15-17(11-12)31-23(25-15)26-19(13-5-7-14(24)8-6-13)18(21(28)22(26)29)20(27)16-3-2-10-30-16/h2-11,19,28H,1H3/t19-/m1/s1. The number of thiazole rings is 1. The second-order valence-electron chi connectivity index (χ2n) is 7.17. The number of hydrogen-bond donors (Lipinski definition) is 1. The lowest BCUT2D eigenvalue weighted by Gasteiger charge is -2.24. The Morgan fingerprint density at radius 3 is 2.65 bits per heavy atom. The Morgan fingerprint density at radius 1 is 1.16 bits per heavy atom. The number of benzene rings is 2. The summed E-state index contributed by atoms with van der Waals surface area (Å²) in [5.74, 6) is -1.57. The van der Waals surface area contributed by atoms with Crippen molar-refractivity contribution in [2.75, 3.05) is 4.90 Å². The van der Waals surface area contributed by atoms with Gasteiger partial charge in [0.25, 0.3) is 5.91 Å². The van der Waals surface area contributed by atoms with Crippen LogP contribution in [-0.2, 0) is 4.79 Å². The number of anilines is 1. The van der Waals surface area contributed by atoms with E-state index < -0.39 is 17.7 Å². The molecule has 3 heterocycles. The van der Waals surface area contributed by atoms with Crippen LogP contribution in [0.25, 0.3) is 10.2 Å². The number of carbonyl (C=O) groups is 2. The Bertz CT molecular complexity index is 1360. The Morgan fingerprint density at radius 2 is 1.94 bits per heavy atom. The van der Waals surface area contributed by atoms with Crippen molar-refractivity contribution in [3.63, 3.8) is 0 Å². The fourth-order valence-electron chi connectivity index (χ4n) is 3.66. The summed E-state index contributed by atoms with van der Waals surface area (Å²) in [5, 5.41) is 13.5. The van der Waals surface area contributed by atoms with Crippen LogP contribution >= 0.6 is 34.3 Å². The molecule has 0 fully saturated rings. The number of thiophene rings is 1. The molecule has 0 bridgehead atoms. The molecule has 0 unspecified atom stereocenters. The highest BCUT2D eigenvalue weighted by atomic mass is 35.5. The summed E-state index contributed by atoms with van der Waals surface area (Å²) in [6.07, 6.45) is 0. The number of ketones is 1. The maximum absolute atomic E-state index is 13.3. The van der Waals surface area contributed by atoms with Crippen molar-refractivity contribution in [1.82, 2.24) is 4.98 Å². The molecular formula is C23H15ClN2O3S2. The fraction of sp³-hybridized carbons (Fsp3) is 0.0870. The SMILES string of the molecule is Cc1ccc2nc(N3C(=O)C(O)=C(C(=O)c4cccs4)[C@H]3c3ccc(Cl)cc3)sc2c1. The molecule has 8 heteroatoms. The number of hydrogen-bond acceptors (Lipinski definition) is 6. The maximum atomic E-state index is 13.3. The van der Waals surface area contributed by atoms with E-state index in [1.807, 2.05) is 25.1 Å². The average Bonchev–Trinajstić information content (AvgIpc) is 3.47. The molecule has 154 valence electrons. The molecule has 1 aliphatic rings. The Labute approximate surface area is 190 Å². The Kier molecular flexibility index (Phi) is 4.89. The number of aliphatic hydroxyl groups is 1. The number of fused-ring (bicyclic) bond motifs is 1. The zero-order valence-electron chi connectivity index (χ0n) is 16.2. The topological polar surface area (TPSA) is 70.5 Å². The normalized spacial score (nSPS) is 16.5. The van der Waals surface area contributed by atoms with E-state index in [4.69, 9.17) is 11.6 Å². The lowest BCUT2D eigenvalue weighted by atomic mass is 9.95. The summed E-state index contributed by atoms with van der Waals surface area (Å²) in [7, 11) is 0. The van der Waals surface area contributed by atoms with E-state index in [0.717, 1.165) is 15.8 Å². The Balaban J connectivity index is 1.68. The minimum absolute atomic E-state index is 0.0465. The van der Waals surface area contributed by atoms with Crippen molar-refractivity contribution in [3.05, 3.63) is 92.3 Å². The van der Waals surface area contributed by atoms with Crippen LogP contribution < -0.4 is 4.90 Å². The first-order valence-corrected chi connectivity index (χ1v) is 11.5. The molecule has 1 aliphatic heterocycles. The number of carbonyl (C=O) groups excluding carboxylic acids is 2. The number of rotatable bonds is 4. The number of aromatic nitrogens is 1. The van der Waals surface area contributed by atoms with E-state index in [-0.39, 0.29) is 11.4 Å². The number of aryl methyl sites for hydroxylation is 1. The molecule has 0 saturated heterocycles. The van der Waals surface area contributed by atoms with Gasteiger partial charge in [-0.3, -0.25) is 14.5 Å². The first-order chi connectivity index (χ1) is 14.9. The van der Waals surface area contributed by atoms with Crippen molar-refractivity contribution in [2.45, 2.75) is 13.0 Å². The average molecular weight is 467 g/mol. The van der Waals surface area contributed by atoms with Crippen LogP contribution in [0.3, 0.4) is 0 Å². The maximum Gasteiger partial charge on any atom is 0.296 e. The second kappa shape index (κ2) is 7.60. The van der Waals surface area contributed by atoms with Crippen molar-refractivity contribution in [1.29, 1.82) is 0 Å². The van der Waals surface area contributed by atoms with E-state index in [1.165, 1.54) is 27.6 Å². The Hall–Kier alpha value is -3.00. The van der Waals surface area contributed by atoms with Crippen molar-refractivity contribution < 1.29 is 14.7 Å².